The van der Waals surface area contributed by atoms with Crippen LogP contribution in [0.5, 0.6) is 0 Å². The Labute approximate surface area is 208 Å². The SMILES string of the molecule is CCn1c(SCC(=O)Nc2cc(C(F)(F)F)cc(C(F)(F)F)c2)nnc1-c1ccc(C(C)(C)C)cc1. The molecule has 0 saturated heterocycles. The van der Waals surface area contributed by atoms with Crippen molar-refractivity contribution in [3.05, 3.63) is 59.2 Å². The highest BCUT2D eigenvalue weighted by atomic mass is 32.2. The average molecular weight is 531 g/mol. The Morgan fingerprint density at radius 1 is 0.889 bits per heavy atom. The van der Waals surface area contributed by atoms with Gasteiger partial charge in [-0.15, -0.1) is 10.2 Å². The van der Waals surface area contributed by atoms with E-state index in [1.807, 2.05) is 31.2 Å². The van der Waals surface area contributed by atoms with Crippen molar-refractivity contribution < 1.29 is 31.1 Å². The normalized spacial score (nSPS) is 12.6. The molecular weight excluding hydrogens is 506 g/mol. The second-order valence-electron chi connectivity index (χ2n) is 9.01. The molecule has 194 valence electrons. The molecule has 1 aromatic heterocycles. The van der Waals surface area contributed by atoms with Gasteiger partial charge in [-0.3, -0.25) is 4.79 Å². The van der Waals surface area contributed by atoms with E-state index in [2.05, 4.69) is 36.3 Å². The summed E-state index contributed by atoms with van der Waals surface area (Å²) in [4.78, 5) is 12.4. The Balaban J connectivity index is 1.75. The first-order chi connectivity index (χ1) is 16.6. The third-order valence-corrected chi connectivity index (χ3v) is 6.21. The van der Waals surface area contributed by atoms with Gasteiger partial charge in [0.05, 0.1) is 16.9 Å². The van der Waals surface area contributed by atoms with Gasteiger partial charge >= 0.3 is 12.4 Å². The number of carbonyl (C=O) groups is 1. The molecule has 1 heterocycles. The number of halogens is 6. The number of thioether (sulfide) groups is 1. The van der Waals surface area contributed by atoms with E-state index in [0.717, 1.165) is 22.9 Å². The van der Waals surface area contributed by atoms with Crippen molar-refractivity contribution in [2.45, 2.75) is 57.2 Å². The van der Waals surface area contributed by atoms with Crippen LogP contribution < -0.4 is 5.32 Å². The van der Waals surface area contributed by atoms with Crippen LogP contribution in [0.15, 0.2) is 47.6 Å². The predicted molar refractivity (Wildman–Crippen MR) is 126 cm³/mol. The molecule has 0 fully saturated rings. The van der Waals surface area contributed by atoms with Gasteiger partial charge in [-0.1, -0.05) is 56.8 Å². The van der Waals surface area contributed by atoms with Crippen LogP contribution in [0, 0.1) is 0 Å². The number of nitrogens with zero attached hydrogens (tertiary/aromatic N) is 3. The van der Waals surface area contributed by atoms with E-state index in [-0.39, 0.29) is 17.2 Å². The third-order valence-electron chi connectivity index (χ3n) is 5.25. The number of alkyl halides is 6. The van der Waals surface area contributed by atoms with Crippen molar-refractivity contribution in [1.82, 2.24) is 14.8 Å². The van der Waals surface area contributed by atoms with E-state index >= 15 is 0 Å². The minimum absolute atomic E-state index is 0.00366. The largest absolute Gasteiger partial charge is 0.416 e. The molecule has 3 rings (SSSR count). The standard InChI is InChI=1S/C24H24F6N4OS/c1-5-34-20(14-6-8-15(9-7-14)22(2,3)4)32-33-21(34)36-13-19(35)31-18-11-16(23(25,26)27)10-17(12-18)24(28,29)30/h6-12H,5,13H2,1-4H3,(H,31,35). The van der Waals surface area contributed by atoms with Gasteiger partial charge in [-0.25, -0.2) is 0 Å². The third kappa shape index (κ3) is 6.59. The van der Waals surface area contributed by atoms with Crippen molar-refractivity contribution in [2.75, 3.05) is 11.1 Å². The van der Waals surface area contributed by atoms with Crippen LogP contribution in [-0.4, -0.2) is 26.4 Å². The summed E-state index contributed by atoms with van der Waals surface area (Å²) < 4.78 is 80.1. The topological polar surface area (TPSA) is 59.8 Å². The molecule has 0 aliphatic carbocycles. The molecule has 0 aliphatic heterocycles. The van der Waals surface area contributed by atoms with E-state index in [1.54, 1.807) is 4.57 Å². The molecular formula is C24H24F6N4OS. The number of amides is 1. The number of rotatable bonds is 6. The Kier molecular flexibility index (Phi) is 7.77. The molecule has 0 bridgehead atoms. The molecule has 0 saturated carbocycles. The number of aromatic nitrogens is 3. The van der Waals surface area contributed by atoms with Gasteiger partial charge in [-0.05, 0) is 36.1 Å². The first kappa shape index (κ1) is 27.6. The Bertz CT molecular complexity index is 1200. The Morgan fingerprint density at radius 2 is 1.44 bits per heavy atom. The Hall–Kier alpha value is -3.02. The molecule has 0 spiro atoms. The van der Waals surface area contributed by atoms with Gasteiger partial charge in [0.25, 0.3) is 0 Å². The lowest BCUT2D eigenvalue weighted by Gasteiger charge is -2.19. The van der Waals surface area contributed by atoms with Gasteiger partial charge in [0.1, 0.15) is 0 Å². The van der Waals surface area contributed by atoms with Crippen molar-refractivity contribution in [3.63, 3.8) is 0 Å². The maximum Gasteiger partial charge on any atom is 0.416 e. The van der Waals surface area contributed by atoms with Crippen LogP contribution in [0.3, 0.4) is 0 Å². The fraction of sp³-hybridized carbons (Fsp3) is 0.375. The maximum absolute atomic E-state index is 13.0. The highest BCUT2D eigenvalue weighted by Crippen LogP contribution is 2.37. The zero-order chi connectivity index (χ0) is 26.9. The van der Waals surface area contributed by atoms with Crippen LogP contribution in [0.2, 0.25) is 0 Å². The lowest BCUT2D eigenvalue weighted by Crippen LogP contribution is -2.17. The molecule has 1 N–H and O–H groups in total. The van der Waals surface area contributed by atoms with E-state index in [9.17, 15) is 31.1 Å². The maximum atomic E-state index is 13.0. The summed E-state index contributed by atoms with van der Waals surface area (Å²) in [5.41, 5.74) is -1.67. The first-order valence-electron chi connectivity index (χ1n) is 10.9. The second-order valence-corrected chi connectivity index (χ2v) is 9.95. The highest BCUT2D eigenvalue weighted by Gasteiger charge is 2.37. The van der Waals surface area contributed by atoms with Crippen molar-refractivity contribution >= 4 is 23.4 Å². The molecule has 0 unspecified atom stereocenters. The lowest BCUT2D eigenvalue weighted by molar-refractivity contribution is -0.143. The molecule has 1 amide bonds. The summed E-state index contributed by atoms with van der Waals surface area (Å²) >= 11 is 0.974. The number of hydrogen-bond acceptors (Lipinski definition) is 4. The summed E-state index contributed by atoms with van der Waals surface area (Å²) in [5.74, 6) is -0.499. The lowest BCUT2D eigenvalue weighted by atomic mass is 9.87. The smallest absolute Gasteiger partial charge is 0.325 e. The number of anilines is 1. The van der Waals surface area contributed by atoms with E-state index in [4.69, 9.17) is 0 Å². The Morgan fingerprint density at radius 3 is 1.92 bits per heavy atom. The molecule has 12 heteroatoms. The first-order valence-corrected chi connectivity index (χ1v) is 11.8. The molecule has 0 radical (unpaired) electrons. The van der Waals surface area contributed by atoms with Gasteiger partial charge in [0.15, 0.2) is 11.0 Å². The van der Waals surface area contributed by atoms with Crippen molar-refractivity contribution in [1.29, 1.82) is 0 Å². The number of hydrogen-bond donors (Lipinski definition) is 1. The van der Waals surface area contributed by atoms with E-state index in [1.165, 1.54) is 0 Å². The fourth-order valence-corrected chi connectivity index (χ4v) is 4.17. The number of benzene rings is 2. The molecule has 0 atom stereocenters. The summed E-state index contributed by atoms with van der Waals surface area (Å²) in [6, 6.07) is 8.76. The van der Waals surface area contributed by atoms with Crippen LogP contribution >= 0.6 is 11.8 Å². The van der Waals surface area contributed by atoms with Crippen molar-refractivity contribution in [3.8, 4) is 11.4 Å². The van der Waals surface area contributed by atoms with Gasteiger partial charge in [0, 0.05) is 17.8 Å². The van der Waals surface area contributed by atoms with Crippen LogP contribution in [0.1, 0.15) is 44.4 Å². The minimum Gasteiger partial charge on any atom is -0.325 e. The molecule has 5 nitrogen and oxygen atoms in total. The van der Waals surface area contributed by atoms with Crippen LogP contribution in [-0.2, 0) is 29.1 Å². The number of nitrogens with one attached hydrogen (secondary N) is 1. The summed E-state index contributed by atoms with van der Waals surface area (Å²) in [6.45, 7) is 8.64. The van der Waals surface area contributed by atoms with Crippen LogP contribution in [0.4, 0.5) is 32.0 Å². The predicted octanol–water partition coefficient (Wildman–Crippen LogP) is 7.03. The molecule has 36 heavy (non-hydrogen) atoms. The highest BCUT2D eigenvalue weighted by molar-refractivity contribution is 7.99. The minimum atomic E-state index is -5.01. The van der Waals surface area contributed by atoms with Gasteiger partial charge in [-0.2, -0.15) is 26.3 Å². The summed E-state index contributed by atoms with van der Waals surface area (Å²) in [6.07, 6.45) is -10.0. The fourth-order valence-electron chi connectivity index (χ4n) is 3.37. The molecule has 3 aromatic rings. The monoisotopic (exact) mass is 530 g/mol. The average Bonchev–Trinajstić information content (AvgIpc) is 3.18. The van der Waals surface area contributed by atoms with E-state index in [0.29, 0.717) is 29.7 Å². The quantitative estimate of drug-likeness (QED) is 0.275. The molecule has 0 aliphatic rings. The zero-order valence-electron chi connectivity index (χ0n) is 19.9. The second kappa shape index (κ2) is 10.2. The van der Waals surface area contributed by atoms with Crippen LogP contribution in [0.25, 0.3) is 11.4 Å². The summed E-state index contributed by atoms with van der Waals surface area (Å²) in [5, 5.41) is 10.8. The van der Waals surface area contributed by atoms with Gasteiger partial charge in [0.2, 0.25) is 5.91 Å². The summed E-state index contributed by atoms with van der Waals surface area (Å²) in [7, 11) is 0. The number of carbonyl (C=O) groups excluding carboxylic acids is 1. The zero-order valence-corrected chi connectivity index (χ0v) is 20.7. The van der Waals surface area contributed by atoms with Gasteiger partial charge < -0.3 is 9.88 Å². The van der Waals surface area contributed by atoms with E-state index < -0.39 is 35.1 Å². The van der Waals surface area contributed by atoms with Crippen molar-refractivity contribution in [2.24, 2.45) is 0 Å². The molecule has 2 aromatic carbocycles.